The Kier molecular flexibility index (Phi) is 5.95. The molecule has 0 spiro atoms. The molecule has 5 nitrogen and oxygen atoms in total. The van der Waals surface area contributed by atoms with Gasteiger partial charge in [0.2, 0.25) is 5.91 Å². The number of aryl methyl sites for hydroxylation is 4. The van der Waals surface area contributed by atoms with E-state index in [0.29, 0.717) is 17.1 Å². The number of halogens is 1. The van der Waals surface area contributed by atoms with Crippen LogP contribution in [0, 0.1) is 27.7 Å². The molecule has 0 aliphatic carbocycles. The van der Waals surface area contributed by atoms with E-state index in [-0.39, 0.29) is 11.2 Å². The summed E-state index contributed by atoms with van der Waals surface area (Å²) in [6.45, 7) is 10.2. The van der Waals surface area contributed by atoms with Crippen LogP contribution in [0.5, 0.6) is 0 Å². The number of nitrogens with zero attached hydrogens (tertiary/aromatic N) is 3. The highest BCUT2D eigenvalue weighted by Crippen LogP contribution is 2.32. The van der Waals surface area contributed by atoms with Crippen LogP contribution in [0.1, 0.15) is 35.6 Å². The number of aromatic nitrogens is 3. The van der Waals surface area contributed by atoms with Gasteiger partial charge in [0.1, 0.15) is 0 Å². The quantitative estimate of drug-likeness (QED) is 0.362. The second kappa shape index (κ2) is 8.52. The minimum absolute atomic E-state index is 0.0758. The first-order chi connectivity index (χ1) is 14.8. The van der Waals surface area contributed by atoms with Gasteiger partial charge in [-0.1, -0.05) is 48.0 Å². The number of benzene rings is 2. The van der Waals surface area contributed by atoms with Crippen LogP contribution in [0.3, 0.4) is 0 Å². The molecule has 0 saturated heterocycles. The predicted octanol–water partition coefficient (Wildman–Crippen LogP) is 6.28. The number of hydrogen-bond donors (Lipinski definition) is 1. The van der Waals surface area contributed by atoms with Crippen molar-refractivity contribution in [3.05, 3.63) is 63.7 Å². The first-order valence-corrected chi connectivity index (χ1v) is 11.5. The second-order valence-electron chi connectivity index (χ2n) is 7.95. The summed E-state index contributed by atoms with van der Waals surface area (Å²) in [5.41, 5.74) is 7.10. The van der Waals surface area contributed by atoms with Crippen LogP contribution in [0.15, 0.2) is 41.6 Å². The number of hydrogen-bond acceptors (Lipinski definition) is 4. The lowest BCUT2D eigenvalue weighted by Crippen LogP contribution is -2.24. The Balaban J connectivity index is 1.70. The summed E-state index contributed by atoms with van der Waals surface area (Å²) in [7, 11) is 0. The Labute approximate surface area is 191 Å². The van der Waals surface area contributed by atoms with E-state index in [1.54, 1.807) is 6.07 Å². The van der Waals surface area contributed by atoms with E-state index in [4.69, 9.17) is 11.6 Å². The number of pyridine rings is 1. The molecule has 1 N–H and O–H groups in total. The van der Waals surface area contributed by atoms with Gasteiger partial charge >= 0.3 is 0 Å². The molecule has 0 aliphatic heterocycles. The number of carbonyl (C=O) groups excluding carboxylic acids is 1. The molecule has 0 bridgehead atoms. The Morgan fingerprint density at radius 2 is 1.84 bits per heavy atom. The average molecular weight is 453 g/mol. The number of thioether (sulfide) groups is 1. The van der Waals surface area contributed by atoms with Crippen LogP contribution < -0.4 is 5.32 Å². The number of anilines is 1. The highest BCUT2D eigenvalue weighted by Gasteiger charge is 2.23. The standard InChI is InChI=1S/C24H25ClN4OS/c1-6-20(23(30)26-17-8-7-14(3)19(25)12-17)31-24-28-27-21-11-15(4)18-10-13(2)9-16(5)22(18)29(21)24/h7-12,20H,6H2,1-5H3,(H,26,30). The normalized spacial score (nSPS) is 12.5. The van der Waals surface area contributed by atoms with E-state index in [1.165, 1.54) is 28.3 Å². The Morgan fingerprint density at radius 1 is 1.06 bits per heavy atom. The molecule has 4 rings (SSSR count). The maximum atomic E-state index is 13.0. The summed E-state index contributed by atoms with van der Waals surface area (Å²) < 4.78 is 2.07. The molecule has 1 atom stereocenters. The summed E-state index contributed by atoms with van der Waals surface area (Å²) in [5.74, 6) is -0.0758. The molecule has 31 heavy (non-hydrogen) atoms. The maximum absolute atomic E-state index is 13.0. The van der Waals surface area contributed by atoms with Gasteiger partial charge in [-0.2, -0.15) is 0 Å². The lowest BCUT2D eigenvalue weighted by atomic mass is 10.0. The van der Waals surface area contributed by atoms with E-state index in [9.17, 15) is 4.79 Å². The van der Waals surface area contributed by atoms with Gasteiger partial charge in [0.15, 0.2) is 10.8 Å². The van der Waals surface area contributed by atoms with Gasteiger partial charge in [-0.05, 0) is 75.1 Å². The van der Waals surface area contributed by atoms with E-state index >= 15 is 0 Å². The zero-order chi connectivity index (χ0) is 22.3. The number of nitrogens with one attached hydrogen (secondary N) is 1. The first kappa shape index (κ1) is 21.7. The van der Waals surface area contributed by atoms with Gasteiger partial charge in [0.05, 0.1) is 10.8 Å². The smallest absolute Gasteiger partial charge is 0.237 e. The Morgan fingerprint density at radius 3 is 2.55 bits per heavy atom. The van der Waals surface area contributed by atoms with E-state index in [0.717, 1.165) is 27.4 Å². The lowest BCUT2D eigenvalue weighted by molar-refractivity contribution is -0.115. The molecule has 2 aromatic heterocycles. The fraction of sp³-hybridized carbons (Fsp3) is 0.292. The van der Waals surface area contributed by atoms with Crippen molar-refractivity contribution in [1.82, 2.24) is 14.6 Å². The van der Waals surface area contributed by atoms with Crippen LogP contribution in [-0.4, -0.2) is 25.8 Å². The summed E-state index contributed by atoms with van der Waals surface area (Å²) in [6, 6.07) is 12.0. The van der Waals surface area contributed by atoms with Gasteiger partial charge in [-0.25, -0.2) is 0 Å². The molecule has 7 heteroatoms. The first-order valence-electron chi connectivity index (χ1n) is 10.3. The predicted molar refractivity (Wildman–Crippen MR) is 129 cm³/mol. The van der Waals surface area contributed by atoms with Crippen LogP contribution in [0.4, 0.5) is 5.69 Å². The van der Waals surface area contributed by atoms with Gasteiger partial charge in [0.25, 0.3) is 0 Å². The highest BCUT2D eigenvalue weighted by atomic mass is 35.5. The summed E-state index contributed by atoms with van der Waals surface area (Å²) in [5, 5.41) is 14.0. The molecule has 4 aromatic rings. The third-order valence-electron chi connectivity index (χ3n) is 5.45. The molecule has 2 heterocycles. The molecular formula is C24H25ClN4OS. The topological polar surface area (TPSA) is 59.3 Å². The van der Waals surface area contributed by atoms with Crippen molar-refractivity contribution in [2.45, 2.75) is 51.4 Å². The van der Waals surface area contributed by atoms with Crippen LogP contribution in [0.25, 0.3) is 16.6 Å². The monoisotopic (exact) mass is 452 g/mol. The van der Waals surface area contributed by atoms with Crippen molar-refractivity contribution in [2.75, 3.05) is 5.32 Å². The van der Waals surface area contributed by atoms with E-state index in [1.807, 2.05) is 32.0 Å². The van der Waals surface area contributed by atoms with Crippen LogP contribution >= 0.6 is 23.4 Å². The van der Waals surface area contributed by atoms with Gasteiger partial charge in [0, 0.05) is 16.1 Å². The van der Waals surface area contributed by atoms with Crippen molar-refractivity contribution in [3.8, 4) is 0 Å². The fourth-order valence-corrected chi connectivity index (χ4v) is 4.98. The van der Waals surface area contributed by atoms with Crippen molar-refractivity contribution in [1.29, 1.82) is 0 Å². The van der Waals surface area contributed by atoms with Gasteiger partial charge in [-0.15, -0.1) is 10.2 Å². The van der Waals surface area contributed by atoms with Crippen LogP contribution in [-0.2, 0) is 4.79 Å². The van der Waals surface area contributed by atoms with Crippen molar-refractivity contribution < 1.29 is 4.79 Å². The summed E-state index contributed by atoms with van der Waals surface area (Å²) in [4.78, 5) is 13.0. The minimum atomic E-state index is -0.311. The SMILES string of the molecule is CCC(Sc1nnc2cc(C)c3cc(C)cc(C)c3n12)C(=O)Nc1ccc(C)c(Cl)c1. The number of rotatable bonds is 5. The molecule has 2 aromatic carbocycles. The molecule has 1 unspecified atom stereocenters. The second-order valence-corrected chi connectivity index (χ2v) is 9.53. The zero-order valence-corrected chi connectivity index (χ0v) is 19.9. The van der Waals surface area contributed by atoms with Crippen molar-refractivity contribution >= 4 is 51.5 Å². The molecule has 0 saturated carbocycles. The van der Waals surface area contributed by atoms with Gasteiger partial charge in [-0.3, -0.25) is 9.20 Å². The van der Waals surface area contributed by atoms with Gasteiger partial charge < -0.3 is 5.32 Å². The maximum Gasteiger partial charge on any atom is 0.237 e. The molecule has 1 amide bonds. The summed E-state index contributed by atoms with van der Waals surface area (Å²) in [6.07, 6.45) is 0.660. The lowest BCUT2D eigenvalue weighted by Gasteiger charge is -2.16. The zero-order valence-electron chi connectivity index (χ0n) is 18.3. The molecule has 0 radical (unpaired) electrons. The number of fused-ring (bicyclic) bond motifs is 3. The van der Waals surface area contributed by atoms with E-state index in [2.05, 4.69) is 52.8 Å². The Bertz CT molecular complexity index is 1310. The number of amides is 1. The fourth-order valence-electron chi connectivity index (χ4n) is 3.83. The van der Waals surface area contributed by atoms with Crippen LogP contribution in [0.2, 0.25) is 5.02 Å². The third kappa shape index (κ3) is 4.14. The molecular weight excluding hydrogens is 428 g/mol. The molecule has 0 aliphatic rings. The third-order valence-corrected chi connectivity index (χ3v) is 7.16. The van der Waals surface area contributed by atoms with E-state index < -0.39 is 0 Å². The summed E-state index contributed by atoms with van der Waals surface area (Å²) >= 11 is 7.64. The highest BCUT2D eigenvalue weighted by molar-refractivity contribution is 8.00. The average Bonchev–Trinajstić information content (AvgIpc) is 3.10. The minimum Gasteiger partial charge on any atom is -0.325 e. The largest absolute Gasteiger partial charge is 0.325 e. The Hall–Kier alpha value is -2.57. The van der Waals surface area contributed by atoms with Crippen molar-refractivity contribution in [3.63, 3.8) is 0 Å². The molecule has 160 valence electrons. The van der Waals surface area contributed by atoms with Crippen molar-refractivity contribution in [2.24, 2.45) is 0 Å². The molecule has 0 fully saturated rings. The number of carbonyl (C=O) groups is 1.